The summed E-state index contributed by atoms with van der Waals surface area (Å²) >= 11 is 0. The normalized spacial score (nSPS) is 19.3. The highest BCUT2D eigenvalue weighted by Crippen LogP contribution is 2.33. The van der Waals surface area contributed by atoms with Crippen molar-refractivity contribution in [3.05, 3.63) is 42.4 Å². The molecule has 1 aromatic carbocycles. The van der Waals surface area contributed by atoms with Crippen LogP contribution < -0.4 is 10.1 Å². The lowest BCUT2D eigenvalue weighted by Gasteiger charge is -2.35. The van der Waals surface area contributed by atoms with Crippen LogP contribution in [-0.4, -0.2) is 49.0 Å². The van der Waals surface area contributed by atoms with Gasteiger partial charge < -0.3 is 14.6 Å². The number of aryl methyl sites for hydroxylation is 1. The zero-order valence-corrected chi connectivity index (χ0v) is 14.7. The maximum atomic E-state index is 13.1. The Bertz CT molecular complexity index is 803. The van der Waals surface area contributed by atoms with E-state index in [4.69, 9.17) is 4.74 Å². The fourth-order valence-electron chi connectivity index (χ4n) is 2.95. The molecule has 1 N–H and O–H groups in total. The molecule has 1 saturated heterocycles. The minimum atomic E-state index is -3.67. The molecule has 0 spiro atoms. The Balaban J connectivity index is 2.00. The smallest absolute Gasteiger partial charge is 0.262 e. The fraction of sp³-hybridized carbons (Fsp3) is 0.438. The maximum absolute atomic E-state index is 13.1. The van der Waals surface area contributed by atoms with Gasteiger partial charge in [0.1, 0.15) is 5.75 Å². The monoisotopic (exact) mass is 350 g/mol. The van der Waals surface area contributed by atoms with Gasteiger partial charge in [-0.15, -0.1) is 0 Å². The molecule has 0 saturated carbocycles. The van der Waals surface area contributed by atoms with Crippen molar-refractivity contribution in [2.24, 2.45) is 0 Å². The number of rotatable bonds is 5. The third kappa shape index (κ3) is 3.04. The minimum Gasteiger partial charge on any atom is -0.496 e. The molecular weight excluding hydrogens is 328 g/mol. The SMILES string of the molecule is CCn1cnc(S(=O)(=O)N2CCNCC2c2ccccc2OC)c1. The topological polar surface area (TPSA) is 76.5 Å². The predicted octanol–water partition coefficient (Wildman–Crippen LogP) is 1.25. The Labute approximate surface area is 142 Å². The first-order valence-electron chi connectivity index (χ1n) is 7.95. The Morgan fingerprint density at radius 3 is 2.88 bits per heavy atom. The number of nitrogens with one attached hydrogen (secondary N) is 1. The van der Waals surface area contributed by atoms with Crippen molar-refractivity contribution in [3.63, 3.8) is 0 Å². The average Bonchev–Trinajstić information content (AvgIpc) is 3.12. The number of methoxy groups -OCH3 is 1. The van der Waals surface area contributed by atoms with Crippen LogP contribution in [0.3, 0.4) is 0 Å². The van der Waals surface area contributed by atoms with Gasteiger partial charge in [-0.3, -0.25) is 0 Å². The van der Waals surface area contributed by atoms with Crippen LogP contribution in [0.25, 0.3) is 0 Å². The molecular formula is C16H22N4O3S. The molecule has 1 aliphatic rings. The van der Waals surface area contributed by atoms with E-state index in [1.54, 1.807) is 24.2 Å². The summed E-state index contributed by atoms with van der Waals surface area (Å²) in [5.41, 5.74) is 0.852. The molecule has 1 atom stereocenters. The molecule has 1 aromatic heterocycles. The van der Waals surface area contributed by atoms with E-state index in [9.17, 15) is 8.42 Å². The van der Waals surface area contributed by atoms with Crippen molar-refractivity contribution in [3.8, 4) is 5.75 Å². The highest BCUT2D eigenvalue weighted by atomic mass is 32.2. The number of ether oxygens (including phenoxy) is 1. The zero-order valence-electron chi connectivity index (χ0n) is 13.8. The van der Waals surface area contributed by atoms with Crippen LogP contribution in [0.15, 0.2) is 41.8 Å². The van der Waals surface area contributed by atoms with Crippen molar-refractivity contribution in [1.82, 2.24) is 19.2 Å². The van der Waals surface area contributed by atoms with Gasteiger partial charge in [0, 0.05) is 37.9 Å². The Kier molecular flexibility index (Phi) is 4.88. The van der Waals surface area contributed by atoms with Crippen LogP contribution in [0, 0.1) is 0 Å². The largest absolute Gasteiger partial charge is 0.496 e. The van der Waals surface area contributed by atoms with E-state index < -0.39 is 10.0 Å². The summed E-state index contributed by atoms with van der Waals surface area (Å²) in [4.78, 5) is 4.09. The number of sulfonamides is 1. The summed E-state index contributed by atoms with van der Waals surface area (Å²) in [6.45, 7) is 4.16. The standard InChI is InChI=1S/C16H22N4O3S/c1-3-19-11-16(18-12-19)24(21,22)20-9-8-17-10-14(20)13-6-4-5-7-15(13)23-2/h4-7,11-12,14,17H,3,8-10H2,1-2H3. The first kappa shape index (κ1) is 16.9. The van der Waals surface area contributed by atoms with Crippen LogP contribution in [-0.2, 0) is 16.6 Å². The minimum absolute atomic E-state index is 0.0890. The number of nitrogens with zero attached hydrogens (tertiary/aromatic N) is 3. The van der Waals surface area contributed by atoms with Crippen LogP contribution in [0.1, 0.15) is 18.5 Å². The second-order valence-corrected chi connectivity index (χ2v) is 7.46. The van der Waals surface area contributed by atoms with Crippen molar-refractivity contribution in [1.29, 1.82) is 0 Å². The van der Waals surface area contributed by atoms with E-state index >= 15 is 0 Å². The molecule has 0 radical (unpaired) electrons. The van der Waals surface area contributed by atoms with Gasteiger partial charge in [0.05, 0.1) is 19.5 Å². The van der Waals surface area contributed by atoms with Gasteiger partial charge in [-0.1, -0.05) is 18.2 Å². The summed E-state index contributed by atoms with van der Waals surface area (Å²) in [6, 6.07) is 7.19. The van der Waals surface area contributed by atoms with E-state index in [-0.39, 0.29) is 11.1 Å². The molecule has 1 aliphatic heterocycles. The number of hydrogen-bond donors (Lipinski definition) is 1. The van der Waals surface area contributed by atoms with E-state index in [1.165, 1.54) is 4.31 Å². The summed E-state index contributed by atoms with van der Waals surface area (Å²) in [6.07, 6.45) is 3.13. The summed E-state index contributed by atoms with van der Waals surface area (Å²) in [5.74, 6) is 0.686. The number of imidazole rings is 1. The van der Waals surface area contributed by atoms with Crippen LogP contribution in [0.5, 0.6) is 5.75 Å². The maximum Gasteiger partial charge on any atom is 0.262 e. The zero-order chi connectivity index (χ0) is 17.2. The number of piperazine rings is 1. The molecule has 0 amide bonds. The second kappa shape index (κ2) is 6.92. The van der Waals surface area contributed by atoms with Gasteiger partial charge in [-0.2, -0.15) is 4.31 Å². The van der Waals surface area contributed by atoms with Crippen molar-refractivity contribution in [2.45, 2.75) is 24.5 Å². The first-order chi connectivity index (χ1) is 11.6. The van der Waals surface area contributed by atoms with Crippen molar-refractivity contribution in [2.75, 3.05) is 26.7 Å². The molecule has 24 heavy (non-hydrogen) atoms. The molecule has 2 heterocycles. The number of para-hydroxylation sites is 1. The lowest BCUT2D eigenvalue weighted by atomic mass is 10.0. The van der Waals surface area contributed by atoms with Crippen molar-refractivity contribution < 1.29 is 13.2 Å². The van der Waals surface area contributed by atoms with Gasteiger partial charge >= 0.3 is 0 Å². The Morgan fingerprint density at radius 1 is 1.38 bits per heavy atom. The highest BCUT2D eigenvalue weighted by molar-refractivity contribution is 7.89. The quantitative estimate of drug-likeness (QED) is 0.878. The molecule has 1 unspecified atom stereocenters. The van der Waals surface area contributed by atoms with Gasteiger partial charge in [-0.05, 0) is 13.0 Å². The molecule has 0 bridgehead atoms. The van der Waals surface area contributed by atoms with Crippen LogP contribution in [0.4, 0.5) is 0 Å². The molecule has 0 aliphatic carbocycles. The average molecular weight is 350 g/mol. The van der Waals surface area contributed by atoms with Gasteiger partial charge in [0.15, 0.2) is 5.03 Å². The Hall–Kier alpha value is -1.90. The van der Waals surface area contributed by atoms with Gasteiger partial charge in [0.2, 0.25) is 0 Å². The van der Waals surface area contributed by atoms with Gasteiger partial charge in [-0.25, -0.2) is 13.4 Å². The first-order valence-corrected chi connectivity index (χ1v) is 9.39. The van der Waals surface area contributed by atoms with E-state index in [0.717, 1.165) is 5.56 Å². The van der Waals surface area contributed by atoms with E-state index in [2.05, 4.69) is 10.3 Å². The molecule has 3 rings (SSSR count). The summed E-state index contributed by atoms with van der Waals surface area (Å²) in [5, 5.41) is 3.36. The van der Waals surface area contributed by atoms with E-state index in [0.29, 0.717) is 31.9 Å². The molecule has 2 aromatic rings. The lowest BCUT2D eigenvalue weighted by molar-refractivity contribution is 0.264. The van der Waals surface area contributed by atoms with Crippen LogP contribution in [0.2, 0.25) is 0 Å². The molecule has 130 valence electrons. The van der Waals surface area contributed by atoms with Crippen molar-refractivity contribution >= 4 is 10.0 Å². The predicted molar refractivity (Wildman–Crippen MR) is 90.4 cm³/mol. The highest BCUT2D eigenvalue weighted by Gasteiger charge is 2.36. The summed E-state index contributed by atoms with van der Waals surface area (Å²) in [7, 11) is -2.07. The summed E-state index contributed by atoms with van der Waals surface area (Å²) < 4.78 is 34.9. The van der Waals surface area contributed by atoms with Crippen LogP contribution >= 0.6 is 0 Å². The third-order valence-electron chi connectivity index (χ3n) is 4.24. The number of hydrogen-bond acceptors (Lipinski definition) is 5. The Morgan fingerprint density at radius 2 is 2.17 bits per heavy atom. The third-order valence-corrected chi connectivity index (χ3v) is 6.03. The number of aromatic nitrogens is 2. The van der Waals surface area contributed by atoms with E-state index in [1.807, 2.05) is 31.2 Å². The molecule has 8 heteroatoms. The lowest BCUT2D eigenvalue weighted by Crippen LogP contribution is -2.48. The van der Waals surface area contributed by atoms with Gasteiger partial charge in [0.25, 0.3) is 10.0 Å². The second-order valence-electron chi connectivity index (χ2n) is 5.62. The number of benzene rings is 1. The molecule has 7 nitrogen and oxygen atoms in total. The fourth-order valence-corrected chi connectivity index (χ4v) is 4.49. The molecule has 1 fully saturated rings.